The third kappa shape index (κ3) is 3.95. The number of rotatable bonds is 6. The summed E-state index contributed by atoms with van der Waals surface area (Å²) in [5, 5.41) is 0. The molecule has 0 bridgehead atoms. The highest BCUT2D eigenvalue weighted by molar-refractivity contribution is 7.89. The summed E-state index contributed by atoms with van der Waals surface area (Å²) in [6, 6.07) is 2.32. The second-order valence-electron chi connectivity index (χ2n) is 4.63. The van der Waals surface area contributed by atoms with Gasteiger partial charge in [-0.2, -0.15) is 0 Å². The lowest BCUT2D eigenvalue weighted by Gasteiger charge is -2.28. The van der Waals surface area contributed by atoms with Gasteiger partial charge in [-0.15, -0.1) is 0 Å². The Hall–Kier alpha value is -1.05. The van der Waals surface area contributed by atoms with Crippen LogP contribution in [0.3, 0.4) is 0 Å². The lowest BCUT2D eigenvalue weighted by molar-refractivity contribution is 0.378. The van der Waals surface area contributed by atoms with Gasteiger partial charge in [0.15, 0.2) is 0 Å². The second-order valence-corrected chi connectivity index (χ2v) is 6.28. The molecule has 0 aromatic heterocycles. The molecule has 0 saturated heterocycles. The molecule has 0 spiro atoms. The zero-order valence-electron chi connectivity index (χ0n) is 10.9. The van der Waals surface area contributed by atoms with Crippen LogP contribution in [-0.4, -0.2) is 20.5 Å². The molecule has 1 aromatic rings. The predicted molar refractivity (Wildman–Crippen MR) is 69.0 cm³/mol. The molecule has 0 fully saturated rings. The minimum atomic E-state index is -4.13. The Morgan fingerprint density at radius 3 is 2.53 bits per heavy atom. The standard InChI is InChI=1S/C12H18F2N2O2S/c1-3-12(2,6-7-15)16-19(17,18)11-8-9(13)4-5-10(11)14/h4-5,8,16H,3,6-7,15H2,1-2H3. The smallest absolute Gasteiger partial charge is 0.244 e. The fourth-order valence-electron chi connectivity index (χ4n) is 1.68. The summed E-state index contributed by atoms with van der Waals surface area (Å²) in [7, 11) is -4.13. The molecule has 0 amide bonds. The van der Waals surface area contributed by atoms with Gasteiger partial charge in [0.1, 0.15) is 16.5 Å². The van der Waals surface area contributed by atoms with Crippen molar-refractivity contribution >= 4 is 10.0 Å². The van der Waals surface area contributed by atoms with Gasteiger partial charge in [-0.05, 0) is 44.5 Å². The SMILES string of the molecule is CCC(C)(CCN)NS(=O)(=O)c1cc(F)ccc1F. The molecule has 0 aliphatic rings. The normalized spacial score (nSPS) is 15.2. The Morgan fingerprint density at radius 2 is 2.00 bits per heavy atom. The molecule has 4 nitrogen and oxygen atoms in total. The van der Waals surface area contributed by atoms with E-state index < -0.39 is 32.1 Å². The number of halogens is 2. The van der Waals surface area contributed by atoms with E-state index >= 15 is 0 Å². The molecule has 1 rings (SSSR count). The minimum Gasteiger partial charge on any atom is -0.330 e. The molecular weight excluding hydrogens is 274 g/mol. The van der Waals surface area contributed by atoms with Gasteiger partial charge in [0.25, 0.3) is 0 Å². The molecule has 1 atom stereocenters. The van der Waals surface area contributed by atoms with Gasteiger partial charge in [-0.1, -0.05) is 6.92 Å². The van der Waals surface area contributed by atoms with Gasteiger partial charge < -0.3 is 5.73 Å². The maximum atomic E-state index is 13.5. The zero-order chi connectivity index (χ0) is 14.7. The first-order valence-electron chi connectivity index (χ1n) is 5.93. The summed E-state index contributed by atoms with van der Waals surface area (Å²) in [5.74, 6) is -1.79. The van der Waals surface area contributed by atoms with E-state index in [9.17, 15) is 17.2 Å². The van der Waals surface area contributed by atoms with Crippen molar-refractivity contribution in [2.45, 2.75) is 37.1 Å². The van der Waals surface area contributed by atoms with Crippen LogP contribution in [0.2, 0.25) is 0 Å². The molecule has 108 valence electrons. The fourth-order valence-corrected chi connectivity index (χ4v) is 3.28. The maximum absolute atomic E-state index is 13.5. The van der Waals surface area contributed by atoms with Crippen molar-refractivity contribution in [3.63, 3.8) is 0 Å². The molecule has 7 heteroatoms. The predicted octanol–water partition coefficient (Wildman–Crippen LogP) is 1.76. The number of hydrogen-bond donors (Lipinski definition) is 2. The summed E-state index contributed by atoms with van der Waals surface area (Å²) in [4.78, 5) is -0.691. The fraction of sp³-hybridized carbons (Fsp3) is 0.500. The summed E-state index contributed by atoms with van der Waals surface area (Å²) < 4.78 is 53.2. The molecule has 0 aliphatic carbocycles. The van der Waals surface area contributed by atoms with Crippen molar-refractivity contribution in [1.82, 2.24) is 4.72 Å². The molecule has 1 aromatic carbocycles. The average molecular weight is 292 g/mol. The molecule has 1 unspecified atom stereocenters. The minimum absolute atomic E-state index is 0.290. The van der Waals surface area contributed by atoms with Crippen LogP contribution in [0.5, 0.6) is 0 Å². The Bertz CT molecular complexity index is 549. The first-order valence-corrected chi connectivity index (χ1v) is 7.41. The number of nitrogens with one attached hydrogen (secondary N) is 1. The van der Waals surface area contributed by atoms with Crippen molar-refractivity contribution < 1.29 is 17.2 Å². The third-order valence-electron chi connectivity index (χ3n) is 3.04. The van der Waals surface area contributed by atoms with E-state index in [1.165, 1.54) is 0 Å². The van der Waals surface area contributed by atoms with Crippen LogP contribution in [0.15, 0.2) is 23.1 Å². The van der Waals surface area contributed by atoms with Crippen molar-refractivity contribution in [3.05, 3.63) is 29.8 Å². The van der Waals surface area contributed by atoms with Crippen LogP contribution in [0.1, 0.15) is 26.7 Å². The quantitative estimate of drug-likeness (QED) is 0.839. The van der Waals surface area contributed by atoms with Gasteiger partial charge in [-0.3, -0.25) is 0 Å². The highest BCUT2D eigenvalue weighted by Crippen LogP contribution is 2.21. The molecule has 0 aliphatic heterocycles. The van der Waals surface area contributed by atoms with Gasteiger partial charge in [0.05, 0.1) is 0 Å². The van der Waals surface area contributed by atoms with Crippen LogP contribution in [0.4, 0.5) is 8.78 Å². The number of sulfonamides is 1. The van der Waals surface area contributed by atoms with Crippen molar-refractivity contribution in [3.8, 4) is 0 Å². The van der Waals surface area contributed by atoms with Crippen LogP contribution in [-0.2, 0) is 10.0 Å². The van der Waals surface area contributed by atoms with Crippen LogP contribution >= 0.6 is 0 Å². The topological polar surface area (TPSA) is 72.2 Å². The Morgan fingerprint density at radius 1 is 1.37 bits per heavy atom. The van der Waals surface area contributed by atoms with Gasteiger partial charge >= 0.3 is 0 Å². The van der Waals surface area contributed by atoms with E-state index in [-0.39, 0.29) is 0 Å². The Labute approximate surface area is 112 Å². The highest BCUT2D eigenvalue weighted by atomic mass is 32.2. The molecule has 3 N–H and O–H groups in total. The van der Waals surface area contributed by atoms with Gasteiger partial charge in [0.2, 0.25) is 10.0 Å². The number of benzene rings is 1. The molecule has 0 radical (unpaired) electrons. The summed E-state index contributed by atoms with van der Waals surface area (Å²) in [5.41, 5.74) is 4.65. The first-order chi connectivity index (χ1) is 8.74. The zero-order valence-corrected chi connectivity index (χ0v) is 11.7. The van der Waals surface area contributed by atoms with Crippen LogP contribution < -0.4 is 10.5 Å². The van der Waals surface area contributed by atoms with E-state index in [1.807, 2.05) is 0 Å². The second kappa shape index (κ2) is 5.94. The third-order valence-corrected chi connectivity index (χ3v) is 4.69. The van der Waals surface area contributed by atoms with E-state index in [1.54, 1.807) is 13.8 Å². The Kier molecular flexibility index (Phi) is 5.00. The first kappa shape index (κ1) is 16.0. The molecule has 19 heavy (non-hydrogen) atoms. The van der Waals surface area contributed by atoms with Crippen molar-refractivity contribution in [2.24, 2.45) is 5.73 Å². The van der Waals surface area contributed by atoms with Crippen molar-refractivity contribution in [2.75, 3.05) is 6.54 Å². The van der Waals surface area contributed by atoms with Crippen LogP contribution in [0.25, 0.3) is 0 Å². The van der Waals surface area contributed by atoms with E-state index in [2.05, 4.69) is 4.72 Å². The maximum Gasteiger partial charge on any atom is 0.244 e. The summed E-state index contributed by atoms with van der Waals surface area (Å²) in [6.07, 6.45) is 0.889. The van der Waals surface area contributed by atoms with E-state index in [0.717, 1.165) is 12.1 Å². The van der Waals surface area contributed by atoms with Gasteiger partial charge in [0, 0.05) is 5.54 Å². The van der Waals surface area contributed by atoms with E-state index in [4.69, 9.17) is 5.73 Å². The molecule has 0 heterocycles. The van der Waals surface area contributed by atoms with Crippen LogP contribution in [0, 0.1) is 11.6 Å². The number of nitrogens with two attached hydrogens (primary N) is 1. The molecular formula is C12H18F2N2O2S. The largest absolute Gasteiger partial charge is 0.330 e. The summed E-state index contributed by atoms with van der Waals surface area (Å²) in [6.45, 7) is 3.76. The lowest BCUT2D eigenvalue weighted by atomic mass is 9.96. The van der Waals surface area contributed by atoms with Crippen molar-refractivity contribution in [1.29, 1.82) is 0 Å². The van der Waals surface area contributed by atoms with Gasteiger partial charge in [-0.25, -0.2) is 21.9 Å². The molecule has 0 saturated carbocycles. The number of hydrogen-bond acceptors (Lipinski definition) is 3. The lowest BCUT2D eigenvalue weighted by Crippen LogP contribution is -2.46. The highest BCUT2D eigenvalue weighted by Gasteiger charge is 2.30. The summed E-state index contributed by atoms with van der Waals surface area (Å²) >= 11 is 0. The van der Waals surface area contributed by atoms with E-state index in [0.29, 0.717) is 25.5 Å². The Balaban J connectivity index is 3.14. The average Bonchev–Trinajstić information content (AvgIpc) is 2.31. The monoisotopic (exact) mass is 292 g/mol.